The second kappa shape index (κ2) is 7.94. The van der Waals surface area contributed by atoms with Crippen LogP contribution in [0.5, 0.6) is 0 Å². The molecule has 2 aromatic rings. The molecule has 3 rings (SSSR count). The smallest absolute Gasteiger partial charge is 0.223 e. The zero-order valence-corrected chi connectivity index (χ0v) is 16.4. The number of carbonyl (C=O) groups excluding carboxylic acids is 1. The third-order valence-electron chi connectivity index (χ3n) is 5.52. The minimum absolute atomic E-state index is 0.0539. The van der Waals surface area contributed by atoms with Crippen LogP contribution in [0, 0.1) is 26.7 Å². The number of carbonyl (C=O) groups is 1. The van der Waals surface area contributed by atoms with E-state index in [1.165, 1.54) is 27.9 Å². The SMILES string of the molecule is Cc1ccc(N2CCC(C(=O)N[C@H](C)c3ccc(C)cc3C)CC2)cc1. The Balaban J connectivity index is 1.55. The Hall–Kier alpha value is -2.29. The van der Waals surface area contributed by atoms with Gasteiger partial charge in [-0.05, 0) is 63.8 Å². The van der Waals surface area contributed by atoms with Crippen LogP contribution in [0.15, 0.2) is 42.5 Å². The fourth-order valence-corrected chi connectivity index (χ4v) is 3.88. The molecule has 1 amide bonds. The lowest BCUT2D eigenvalue weighted by Crippen LogP contribution is -2.41. The third-order valence-corrected chi connectivity index (χ3v) is 5.52. The standard InChI is InChI=1S/C23H30N2O/c1-16-5-8-21(9-6-16)25-13-11-20(12-14-25)23(26)24-19(4)22-10-7-17(2)15-18(22)3/h5-10,15,19-20H,11-14H2,1-4H3,(H,24,26)/t19-/m1/s1. The van der Waals surface area contributed by atoms with Crippen molar-refractivity contribution < 1.29 is 4.79 Å². The second-order valence-electron chi connectivity index (χ2n) is 7.69. The van der Waals surface area contributed by atoms with E-state index in [-0.39, 0.29) is 17.9 Å². The molecular formula is C23H30N2O. The molecule has 1 N–H and O–H groups in total. The minimum Gasteiger partial charge on any atom is -0.371 e. The van der Waals surface area contributed by atoms with Gasteiger partial charge >= 0.3 is 0 Å². The number of nitrogens with one attached hydrogen (secondary N) is 1. The molecule has 3 nitrogen and oxygen atoms in total. The summed E-state index contributed by atoms with van der Waals surface area (Å²) < 4.78 is 0. The predicted octanol–water partition coefficient (Wildman–Crippen LogP) is 4.71. The van der Waals surface area contributed by atoms with Gasteiger partial charge in [0.15, 0.2) is 0 Å². The van der Waals surface area contributed by atoms with E-state index < -0.39 is 0 Å². The fraction of sp³-hybridized carbons (Fsp3) is 0.435. The van der Waals surface area contributed by atoms with Gasteiger partial charge in [0.25, 0.3) is 0 Å². The van der Waals surface area contributed by atoms with E-state index in [1.807, 2.05) is 0 Å². The van der Waals surface area contributed by atoms with E-state index in [0.29, 0.717) is 0 Å². The van der Waals surface area contributed by atoms with Crippen LogP contribution >= 0.6 is 0 Å². The number of piperidine rings is 1. The number of nitrogens with zero attached hydrogens (tertiary/aromatic N) is 1. The molecule has 1 heterocycles. The van der Waals surface area contributed by atoms with Gasteiger partial charge in [0.2, 0.25) is 5.91 Å². The zero-order valence-electron chi connectivity index (χ0n) is 16.4. The van der Waals surface area contributed by atoms with E-state index in [9.17, 15) is 4.79 Å². The van der Waals surface area contributed by atoms with Gasteiger partial charge in [0, 0.05) is 24.7 Å². The van der Waals surface area contributed by atoms with Crippen LogP contribution in [0.1, 0.15) is 48.1 Å². The average Bonchev–Trinajstić information content (AvgIpc) is 2.62. The highest BCUT2D eigenvalue weighted by Crippen LogP contribution is 2.25. The summed E-state index contributed by atoms with van der Waals surface area (Å²) in [5.41, 5.74) is 6.25. The van der Waals surface area contributed by atoms with Crippen molar-refractivity contribution in [3.63, 3.8) is 0 Å². The van der Waals surface area contributed by atoms with Crippen LogP contribution in [-0.2, 0) is 4.79 Å². The molecule has 2 aromatic carbocycles. The fourth-order valence-electron chi connectivity index (χ4n) is 3.88. The molecule has 0 aromatic heterocycles. The maximum Gasteiger partial charge on any atom is 0.223 e. The number of anilines is 1. The van der Waals surface area contributed by atoms with Gasteiger partial charge < -0.3 is 10.2 Å². The van der Waals surface area contributed by atoms with Crippen LogP contribution in [0.25, 0.3) is 0 Å². The largest absolute Gasteiger partial charge is 0.371 e. The Morgan fingerprint density at radius 3 is 2.23 bits per heavy atom. The van der Waals surface area contributed by atoms with Gasteiger partial charge in [-0.3, -0.25) is 4.79 Å². The molecule has 1 fully saturated rings. The van der Waals surface area contributed by atoms with E-state index in [0.717, 1.165) is 25.9 Å². The molecule has 0 spiro atoms. The number of aryl methyl sites for hydroxylation is 3. The third kappa shape index (κ3) is 4.27. The van der Waals surface area contributed by atoms with E-state index in [4.69, 9.17) is 0 Å². The molecule has 0 aliphatic carbocycles. The summed E-state index contributed by atoms with van der Waals surface area (Å²) in [5.74, 6) is 0.311. The van der Waals surface area contributed by atoms with E-state index in [2.05, 4.69) is 80.4 Å². The highest BCUT2D eigenvalue weighted by Gasteiger charge is 2.26. The molecule has 138 valence electrons. The normalized spacial score (nSPS) is 16.4. The lowest BCUT2D eigenvalue weighted by Gasteiger charge is -2.33. The molecular weight excluding hydrogens is 320 g/mol. The maximum absolute atomic E-state index is 12.7. The Morgan fingerprint density at radius 1 is 1.00 bits per heavy atom. The second-order valence-corrected chi connectivity index (χ2v) is 7.69. The quantitative estimate of drug-likeness (QED) is 0.866. The van der Waals surface area contributed by atoms with Crippen LogP contribution < -0.4 is 10.2 Å². The molecule has 1 aliphatic rings. The van der Waals surface area contributed by atoms with Gasteiger partial charge in [-0.15, -0.1) is 0 Å². The maximum atomic E-state index is 12.7. The molecule has 0 unspecified atom stereocenters. The van der Waals surface area contributed by atoms with Gasteiger partial charge in [-0.2, -0.15) is 0 Å². The highest BCUT2D eigenvalue weighted by atomic mass is 16.1. The molecule has 26 heavy (non-hydrogen) atoms. The molecule has 0 radical (unpaired) electrons. The topological polar surface area (TPSA) is 32.3 Å². The first kappa shape index (κ1) is 18.5. The lowest BCUT2D eigenvalue weighted by atomic mass is 9.94. The first-order valence-electron chi connectivity index (χ1n) is 9.63. The van der Waals surface area contributed by atoms with Crippen LogP contribution in [0.3, 0.4) is 0 Å². The van der Waals surface area contributed by atoms with Crippen LogP contribution in [-0.4, -0.2) is 19.0 Å². The molecule has 1 saturated heterocycles. The van der Waals surface area contributed by atoms with Crippen molar-refractivity contribution in [2.45, 2.75) is 46.6 Å². The van der Waals surface area contributed by atoms with Crippen molar-refractivity contribution in [1.29, 1.82) is 0 Å². The van der Waals surface area contributed by atoms with Gasteiger partial charge in [0.1, 0.15) is 0 Å². The minimum atomic E-state index is 0.0539. The van der Waals surface area contributed by atoms with Crippen LogP contribution in [0.2, 0.25) is 0 Å². The first-order valence-corrected chi connectivity index (χ1v) is 9.63. The van der Waals surface area contributed by atoms with Crippen LogP contribution in [0.4, 0.5) is 5.69 Å². The predicted molar refractivity (Wildman–Crippen MR) is 109 cm³/mol. The summed E-state index contributed by atoms with van der Waals surface area (Å²) in [7, 11) is 0. The van der Waals surface area contributed by atoms with Crippen molar-refractivity contribution in [3.8, 4) is 0 Å². The zero-order chi connectivity index (χ0) is 18.7. The Labute approximate surface area is 157 Å². The number of amides is 1. The molecule has 1 atom stereocenters. The molecule has 0 bridgehead atoms. The first-order chi connectivity index (χ1) is 12.4. The van der Waals surface area contributed by atoms with Crippen molar-refractivity contribution >= 4 is 11.6 Å². The summed E-state index contributed by atoms with van der Waals surface area (Å²) >= 11 is 0. The Kier molecular flexibility index (Phi) is 5.65. The summed E-state index contributed by atoms with van der Waals surface area (Å²) in [6, 6.07) is 15.1. The van der Waals surface area contributed by atoms with Crippen molar-refractivity contribution in [1.82, 2.24) is 5.32 Å². The number of hydrogen-bond donors (Lipinski definition) is 1. The summed E-state index contributed by atoms with van der Waals surface area (Å²) in [6.45, 7) is 10.3. The Morgan fingerprint density at radius 2 is 1.62 bits per heavy atom. The summed E-state index contributed by atoms with van der Waals surface area (Å²) in [4.78, 5) is 15.1. The number of benzene rings is 2. The lowest BCUT2D eigenvalue weighted by molar-refractivity contribution is -0.126. The Bertz CT molecular complexity index is 758. The van der Waals surface area contributed by atoms with Crippen molar-refractivity contribution in [2.24, 2.45) is 5.92 Å². The number of rotatable bonds is 4. The van der Waals surface area contributed by atoms with Crippen molar-refractivity contribution in [2.75, 3.05) is 18.0 Å². The average molecular weight is 351 g/mol. The summed E-state index contributed by atoms with van der Waals surface area (Å²) in [5, 5.41) is 3.23. The van der Waals surface area contributed by atoms with Gasteiger partial charge in [-0.25, -0.2) is 0 Å². The summed E-state index contributed by atoms with van der Waals surface area (Å²) in [6.07, 6.45) is 1.83. The van der Waals surface area contributed by atoms with E-state index in [1.54, 1.807) is 0 Å². The molecule has 1 aliphatic heterocycles. The monoisotopic (exact) mass is 350 g/mol. The van der Waals surface area contributed by atoms with Crippen molar-refractivity contribution in [3.05, 3.63) is 64.7 Å². The number of hydrogen-bond acceptors (Lipinski definition) is 2. The molecule has 3 heteroatoms. The molecule has 0 saturated carbocycles. The highest BCUT2D eigenvalue weighted by molar-refractivity contribution is 5.79. The van der Waals surface area contributed by atoms with Gasteiger partial charge in [0.05, 0.1) is 6.04 Å². The van der Waals surface area contributed by atoms with Gasteiger partial charge in [-0.1, -0.05) is 41.5 Å². The van der Waals surface area contributed by atoms with E-state index >= 15 is 0 Å².